The number of halogens is 2. The van der Waals surface area contributed by atoms with E-state index in [1.807, 2.05) is 6.92 Å². The van der Waals surface area contributed by atoms with Crippen LogP contribution in [0, 0.1) is 31.4 Å². The zero-order valence-electron chi connectivity index (χ0n) is 83.6. The van der Waals surface area contributed by atoms with Gasteiger partial charge in [-0.05, 0) is 154 Å². The number of cyclic esters (lactones) is 2. The Balaban J connectivity index is 0.000000223. The summed E-state index contributed by atoms with van der Waals surface area (Å²) in [7, 11) is 0. The van der Waals surface area contributed by atoms with Crippen molar-refractivity contribution in [2.24, 2.45) is 5.92 Å². The van der Waals surface area contributed by atoms with Gasteiger partial charge in [0.15, 0.2) is 34.3 Å². The molecule has 8 aromatic rings. The zero-order valence-corrected chi connectivity index (χ0v) is 83.6. The molecule has 38 nitrogen and oxygen atoms in total. The Morgan fingerprint density at radius 2 is 0.852 bits per heavy atom. The van der Waals surface area contributed by atoms with E-state index >= 15 is 8.78 Å². The first kappa shape index (κ1) is 108. The number of imide groups is 2. The van der Waals surface area contributed by atoms with Gasteiger partial charge in [0.1, 0.15) is 24.8 Å². The number of fused-ring (bicyclic) bond motifs is 10. The van der Waals surface area contributed by atoms with Gasteiger partial charge in [-0.3, -0.25) is 96.1 Å². The lowest BCUT2D eigenvalue weighted by molar-refractivity contribution is -0.172. The van der Waals surface area contributed by atoms with Gasteiger partial charge in [0.05, 0.1) is 108 Å². The largest absolute Gasteiger partial charge is 0.458 e. The lowest BCUT2D eigenvalue weighted by Crippen LogP contribution is -2.44. The van der Waals surface area contributed by atoms with E-state index in [4.69, 9.17) is 19.4 Å². The second-order valence-corrected chi connectivity index (χ2v) is 39.0. The van der Waals surface area contributed by atoms with Crippen LogP contribution in [0.3, 0.4) is 0 Å². The van der Waals surface area contributed by atoms with E-state index in [1.54, 1.807) is 100 Å². The number of hydrogen-bond acceptors (Lipinski definition) is 26. The van der Waals surface area contributed by atoms with Gasteiger partial charge >= 0.3 is 11.9 Å². The number of likely N-dealkylation sites (tertiary alicyclic amines) is 1. The van der Waals surface area contributed by atoms with E-state index in [1.165, 1.54) is 38.3 Å². The summed E-state index contributed by atoms with van der Waals surface area (Å²) in [6.07, 6.45) is 7.33. The van der Waals surface area contributed by atoms with E-state index in [0.717, 1.165) is 33.6 Å². The molecule has 149 heavy (non-hydrogen) atoms. The van der Waals surface area contributed by atoms with Gasteiger partial charge in [-0.1, -0.05) is 101 Å². The highest BCUT2D eigenvalue weighted by atomic mass is 19.1. The number of aliphatic hydroxyl groups is 2. The number of ketones is 4. The minimum absolute atomic E-state index is 0.0442. The van der Waals surface area contributed by atoms with E-state index < -0.39 is 136 Å². The first-order valence-corrected chi connectivity index (χ1v) is 50.8. The molecule has 0 spiro atoms. The minimum atomic E-state index is -2.06. The molecule has 10 N–H and O–H groups in total. The highest BCUT2D eigenvalue weighted by molar-refractivity contribution is 6.13. The van der Waals surface area contributed by atoms with Crippen LogP contribution in [-0.4, -0.2) is 196 Å². The van der Waals surface area contributed by atoms with Crippen LogP contribution in [0.4, 0.5) is 8.78 Å². The lowest BCUT2D eigenvalue weighted by atomic mass is 9.81. The number of amides is 12. The van der Waals surface area contributed by atoms with Gasteiger partial charge in [0.2, 0.25) is 59.1 Å². The van der Waals surface area contributed by atoms with Crippen molar-refractivity contribution in [3.63, 3.8) is 0 Å². The lowest BCUT2D eigenvalue weighted by Gasteiger charge is -2.31. The average molecular weight is 2050 g/mol. The van der Waals surface area contributed by atoms with Crippen molar-refractivity contribution in [2.45, 2.75) is 270 Å². The molecule has 12 amide bonds. The van der Waals surface area contributed by atoms with Crippen molar-refractivity contribution in [2.75, 3.05) is 39.3 Å². The first-order valence-electron chi connectivity index (χ1n) is 50.8. The molecule has 0 saturated carbocycles. The van der Waals surface area contributed by atoms with Crippen molar-refractivity contribution >= 4 is 128 Å². The molecule has 0 radical (unpaired) electrons. The molecule has 784 valence electrons. The number of benzene rings is 4. The molecular weight excluding hydrogens is 1930 g/mol. The number of aromatic nitrogens is 4. The van der Waals surface area contributed by atoms with Crippen LogP contribution in [0.2, 0.25) is 0 Å². The minimum Gasteiger partial charge on any atom is -0.458 e. The Morgan fingerprint density at radius 3 is 1.26 bits per heavy atom. The van der Waals surface area contributed by atoms with E-state index in [9.17, 15) is 106 Å². The third-order valence-corrected chi connectivity index (χ3v) is 29.2. The predicted molar refractivity (Wildman–Crippen MR) is 533 cm³/mol. The molecule has 1 saturated heterocycles. The van der Waals surface area contributed by atoms with Crippen molar-refractivity contribution < 1.29 is 115 Å². The monoisotopic (exact) mass is 2050 g/mol. The highest BCUT2D eigenvalue weighted by Gasteiger charge is 2.49. The normalized spacial score (nSPS) is 18.1. The summed E-state index contributed by atoms with van der Waals surface area (Å²) in [5.41, 5.74) is 3.70. The summed E-state index contributed by atoms with van der Waals surface area (Å²) in [5.74, 6) is -9.76. The molecule has 2 aliphatic carbocycles. The predicted octanol–water partition coefficient (Wildman–Crippen LogP) is 6.80. The number of carbonyl (C=O) groups excluding carboxylic acids is 18. The first-order chi connectivity index (χ1) is 71.4. The highest BCUT2D eigenvalue weighted by Crippen LogP contribution is 2.49. The number of Topliss-reactive ketones (excluding diaryl/α,β-unsaturated/α-hetero) is 4. The summed E-state index contributed by atoms with van der Waals surface area (Å²) in [4.78, 5) is 271. The van der Waals surface area contributed by atoms with Crippen LogP contribution in [-0.2, 0) is 159 Å². The summed E-state index contributed by atoms with van der Waals surface area (Å²) in [5, 5.41) is 45.7. The van der Waals surface area contributed by atoms with Gasteiger partial charge < -0.3 is 71.4 Å². The smallest absolute Gasteiger partial charge is 0.343 e. The van der Waals surface area contributed by atoms with Crippen LogP contribution < -0.4 is 53.7 Å². The maximum absolute atomic E-state index is 15.4. The number of pyridine rings is 4. The van der Waals surface area contributed by atoms with Crippen molar-refractivity contribution in [3.8, 4) is 22.8 Å². The summed E-state index contributed by atoms with van der Waals surface area (Å²) < 4.78 is 44.2. The molecular formula is C109H120F2N14O24. The van der Waals surface area contributed by atoms with Crippen molar-refractivity contribution in [1.29, 1.82) is 0 Å². The Bertz CT molecular complexity index is 6940. The standard InChI is InChI=1S/C56H64FN7O12.C53H56FN7O12/c1-4-12-33-24-49(71)63(53(33)72)22-11-7-10-15-45(67)58-27-34(65)16-20-47(69)61-41(23-32-13-8-6-9-14-32)44(66)19-21-46(68)59-28-48(70)60-40-18-17-35-31(3)39(57)26-42-50(35)51(40)36-29-64-43(52(36)62-42)25-38-37(54(64)73)30-76-55(74)56(38,75)5-2;1-3-53(72)35-23-40-50-33(27-61(40)51(70)34(35)28-73-52(53)71)49-37(15-14-32-29(2)36(54)24-39(59-50)48(32)49)57-45(67)26-56-43(65)18-16-41(63)38(22-30-10-6-4-7-11-30)58-44(66)17-13-31(62)25-55-42(64)12-8-5-9-21-60-46(68)19-20-47(60)69/h6,8-9,13-14,25-26,33,40-41,75H,4-5,7,10-12,15-24,27-30H2,1-3H3,(H,58,67)(H,59,68)(H,60,70)(H,61,69);4,6-7,10-11,19-20,23-24,37-38,72H,3,5,8-9,12-18,21-22,25-28H2,1-2H3,(H,55,64)(H,56,65)(H,57,67)(H,58,66)/t33?,40-,41?,56-;37-,38?,53-/m00/s1. The summed E-state index contributed by atoms with van der Waals surface area (Å²) in [6.45, 7) is 7.08. The van der Waals surface area contributed by atoms with Crippen LogP contribution >= 0.6 is 0 Å². The average Bonchev–Trinajstić information content (AvgIpc) is 1.57. The van der Waals surface area contributed by atoms with E-state index in [2.05, 4.69) is 42.5 Å². The number of nitrogens with zero attached hydrogens (tertiary/aromatic N) is 6. The summed E-state index contributed by atoms with van der Waals surface area (Å²) >= 11 is 0. The molecule has 16 rings (SSSR count). The Hall–Kier alpha value is -15.2. The fourth-order valence-corrected chi connectivity index (χ4v) is 20.9. The number of carbonyl (C=O) groups is 18. The number of ether oxygens (including phenoxy) is 2. The second kappa shape index (κ2) is 47.3. The van der Waals surface area contributed by atoms with Gasteiger partial charge in [-0.25, -0.2) is 28.3 Å². The van der Waals surface area contributed by atoms with E-state index in [0.29, 0.717) is 155 Å². The van der Waals surface area contributed by atoms with Gasteiger partial charge in [-0.2, -0.15) is 0 Å². The van der Waals surface area contributed by atoms with Crippen LogP contribution in [0.25, 0.3) is 44.6 Å². The molecule has 7 atom stereocenters. The Kier molecular flexibility index (Phi) is 34.3. The molecule has 8 aliphatic rings. The molecule has 10 heterocycles. The molecule has 3 unspecified atom stereocenters. The van der Waals surface area contributed by atoms with Crippen molar-refractivity contribution in [1.82, 2.24) is 71.4 Å². The molecule has 1 fully saturated rings. The van der Waals surface area contributed by atoms with Crippen LogP contribution in [0.15, 0.2) is 107 Å². The molecule has 4 aromatic carbocycles. The number of unbranched alkanes of at least 4 members (excludes halogenated alkanes) is 4. The summed E-state index contributed by atoms with van der Waals surface area (Å²) in [6, 6.07) is 20.2. The number of aryl methyl sites for hydroxylation is 2. The van der Waals surface area contributed by atoms with Gasteiger partial charge in [0, 0.05) is 147 Å². The van der Waals surface area contributed by atoms with E-state index in [-0.39, 0.29) is 212 Å². The molecule has 6 aliphatic heterocycles. The topological polar surface area (TPSA) is 539 Å². The van der Waals surface area contributed by atoms with Gasteiger partial charge in [0.25, 0.3) is 22.9 Å². The third kappa shape index (κ3) is 24.1. The SMILES string of the molecule is CCCC1CC(=O)N(CCCCCC(=O)NCC(=O)CCC(=O)NC(Cc2ccccc2)C(=O)CCC(=O)NCC(=O)N[C@H]2CCc3c(C)c(F)cc4nc5c(c2c34)Cn2c-5cc3c(c2=O)COC(=O)[C@]3(O)CC)C1=O.CC[C@@]1(O)C(=O)OCc2c1cc1n(c2=O)Cc2c-1nc1cc(F)c(C)c3c1c2[C@@H](NC(=O)CNC(=O)CCC(=O)C(Cc1ccccc1)NC(=O)CCC(=O)CNC(=O)CCCCCN1C(=O)C=CC1=O)CC3. The molecule has 0 bridgehead atoms. The molecule has 40 heteroatoms. The third-order valence-electron chi connectivity index (χ3n) is 29.2. The number of esters is 2. The maximum atomic E-state index is 15.4. The fraction of sp³-hybridized carbons (Fsp3) is 0.450. The Labute approximate surface area is 854 Å². The van der Waals surface area contributed by atoms with Crippen LogP contribution in [0.1, 0.15) is 258 Å². The van der Waals surface area contributed by atoms with Crippen LogP contribution in [0.5, 0.6) is 0 Å². The fourth-order valence-electron chi connectivity index (χ4n) is 20.9. The number of nitrogens with one attached hydrogen (secondary N) is 8. The quantitative estimate of drug-likeness (QED) is 0.0106. The number of hydrogen-bond donors (Lipinski definition) is 10. The van der Waals surface area contributed by atoms with Gasteiger partial charge in [-0.15, -0.1) is 0 Å². The molecule has 4 aromatic heterocycles. The maximum Gasteiger partial charge on any atom is 0.343 e. The second-order valence-electron chi connectivity index (χ2n) is 39.0. The Morgan fingerprint density at radius 1 is 0.456 bits per heavy atom. The van der Waals surface area contributed by atoms with Crippen molar-refractivity contribution in [3.05, 3.63) is 207 Å². The zero-order chi connectivity index (χ0) is 107. The number of rotatable bonds is 46.